The number of cyclic esters (lactones) is 1. The summed E-state index contributed by atoms with van der Waals surface area (Å²) in [6.07, 6.45) is -0.559. The van der Waals surface area contributed by atoms with Crippen molar-refractivity contribution in [2.75, 3.05) is 12.4 Å². The summed E-state index contributed by atoms with van der Waals surface area (Å²) >= 11 is 0. The van der Waals surface area contributed by atoms with Crippen LogP contribution < -0.4 is 10.1 Å². The van der Waals surface area contributed by atoms with Gasteiger partial charge in [-0.15, -0.1) is 0 Å². The highest BCUT2D eigenvalue weighted by Gasteiger charge is 2.35. The molecule has 1 aliphatic rings. The van der Waals surface area contributed by atoms with Gasteiger partial charge in [0.15, 0.2) is 0 Å². The van der Waals surface area contributed by atoms with E-state index in [4.69, 9.17) is 14.7 Å². The van der Waals surface area contributed by atoms with Crippen LogP contribution in [0.5, 0.6) is 5.75 Å². The van der Waals surface area contributed by atoms with E-state index in [-0.39, 0.29) is 5.56 Å². The molecule has 1 heterocycles. The minimum Gasteiger partial charge on any atom is -0.495 e. The van der Waals surface area contributed by atoms with Crippen LogP contribution in [0.2, 0.25) is 0 Å². The standard InChI is InChI=1S/C18H15FN2O3/c1-18(2)14-7-12(11-4-10(9-20)5-13(19)6-11)8-15(23-3)16(14)21-17(22)24-18/h4-8H,1-3H3,(H,21,22). The molecule has 122 valence electrons. The van der Waals surface area contributed by atoms with Crippen LogP contribution in [0, 0.1) is 17.1 Å². The normalized spacial score (nSPS) is 14.9. The number of fused-ring (bicyclic) bond motifs is 1. The number of anilines is 1. The minimum absolute atomic E-state index is 0.227. The average Bonchev–Trinajstić information content (AvgIpc) is 2.52. The Morgan fingerprint density at radius 3 is 2.58 bits per heavy atom. The van der Waals surface area contributed by atoms with Gasteiger partial charge in [-0.25, -0.2) is 9.18 Å². The van der Waals surface area contributed by atoms with Gasteiger partial charge in [0, 0.05) is 5.56 Å². The third kappa shape index (κ3) is 2.65. The number of halogens is 1. The summed E-state index contributed by atoms with van der Waals surface area (Å²) in [4.78, 5) is 11.7. The average molecular weight is 326 g/mol. The number of methoxy groups -OCH3 is 1. The van der Waals surface area contributed by atoms with Crippen molar-refractivity contribution in [2.24, 2.45) is 0 Å². The van der Waals surface area contributed by atoms with Gasteiger partial charge in [0.2, 0.25) is 0 Å². The highest BCUT2D eigenvalue weighted by molar-refractivity contribution is 5.92. The summed E-state index contributed by atoms with van der Waals surface area (Å²) in [5, 5.41) is 11.7. The van der Waals surface area contributed by atoms with E-state index in [0.29, 0.717) is 28.1 Å². The van der Waals surface area contributed by atoms with E-state index in [2.05, 4.69) is 5.32 Å². The summed E-state index contributed by atoms with van der Waals surface area (Å²) in [7, 11) is 1.49. The van der Waals surface area contributed by atoms with Crippen molar-refractivity contribution in [2.45, 2.75) is 19.4 Å². The summed E-state index contributed by atoms with van der Waals surface area (Å²) in [6, 6.07) is 9.54. The number of rotatable bonds is 2. The monoisotopic (exact) mass is 326 g/mol. The van der Waals surface area contributed by atoms with Gasteiger partial charge in [0.25, 0.3) is 0 Å². The third-order valence-corrected chi connectivity index (χ3v) is 3.91. The fourth-order valence-electron chi connectivity index (χ4n) is 2.78. The van der Waals surface area contributed by atoms with Crippen molar-refractivity contribution in [3.8, 4) is 22.9 Å². The van der Waals surface area contributed by atoms with E-state index in [1.54, 1.807) is 32.0 Å². The molecule has 0 atom stereocenters. The smallest absolute Gasteiger partial charge is 0.412 e. The Kier molecular flexibility index (Phi) is 3.64. The number of amides is 1. The second kappa shape index (κ2) is 5.53. The topological polar surface area (TPSA) is 71.3 Å². The number of nitrogens with one attached hydrogen (secondary N) is 1. The molecule has 24 heavy (non-hydrogen) atoms. The molecule has 3 rings (SSSR count). The zero-order chi connectivity index (χ0) is 17.5. The zero-order valence-electron chi connectivity index (χ0n) is 13.4. The van der Waals surface area contributed by atoms with Crippen molar-refractivity contribution >= 4 is 11.8 Å². The van der Waals surface area contributed by atoms with E-state index in [1.807, 2.05) is 6.07 Å². The molecule has 0 fully saturated rings. The quantitative estimate of drug-likeness (QED) is 0.899. The Balaban J connectivity index is 2.24. The molecule has 0 bridgehead atoms. The molecular weight excluding hydrogens is 311 g/mol. The van der Waals surface area contributed by atoms with E-state index in [0.717, 1.165) is 0 Å². The number of nitriles is 1. The second-order valence-corrected chi connectivity index (χ2v) is 5.97. The molecule has 0 saturated carbocycles. The number of nitrogens with zero attached hydrogens (tertiary/aromatic N) is 1. The summed E-state index contributed by atoms with van der Waals surface area (Å²) in [6.45, 7) is 3.53. The molecule has 0 saturated heterocycles. The van der Waals surface area contributed by atoms with Crippen molar-refractivity contribution in [1.29, 1.82) is 5.26 Å². The van der Waals surface area contributed by atoms with E-state index in [1.165, 1.54) is 19.2 Å². The number of ether oxygens (including phenoxy) is 2. The first-order valence-corrected chi connectivity index (χ1v) is 7.27. The fourth-order valence-corrected chi connectivity index (χ4v) is 2.78. The van der Waals surface area contributed by atoms with E-state index < -0.39 is 17.5 Å². The van der Waals surface area contributed by atoms with Crippen LogP contribution in [-0.4, -0.2) is 13.2 Å². The predicted molar refractivity (Wildman–Crippen MR) is 86.2 cm³/mol. The molecule has 1 N–H and O–H groups in total. The van der Waals surface area contributed by atoms with Crippen LogP contribution in [0.3, 0.4) is 0 Å². The van der Waals surface area contributed by atoms with Crippen molar-refractivity contribution < 1.29 is 18.7 Å². The first-order valence-electron chi connectivity index (χ1n) is 7.27. The molecule has 0 aliphatic carbocycles. The Hall–Kier alpha value is -3.07. The SMILES string of the molecule is COc1cc(-c2cc(F)cc(C#N)c2)cc2c1NC(=O)OC2(C)C. The van der Waals surface area contributed by atoms with Crippen molar-refractivity contribution in [1.82, 2.24) is 0 Å². The molecule has 0 unspecified atom stereocenters. The predicted octanol–water partition coefficient (Wildman–Crippen LogP) is 4.17. The number of hydrogen-bond acceptors (Lipinski definition) is 4. The van der Waals surface area contributed by atoms with Crippen molar-refractivity contribution in [3.63, 3.8) is 0 Å². The van der Waals surface area contributed by atoms with E-state index >= 15 is 0 Å². The molecule has 0 radical (unpaired) electrons. The number of benzene rings is 2. The van der Waals surface area contributed by atoms with Gasteiger partial charge >= 0.3 is 6.09 Å². The van der Waals surface area contributed by atoms with Crippen molar-refractivity contribution in [3.05, 3.63) is 47.3 Å². The van der Waals surface area contributed by atoms with Gasteiger partial charge in [-0.05, 0) is 55.3 Å². The molecule has 0 spiro atoms. The summed E-state index contributed by atoms with van der Waals surface area (Å²) in [5.74, 6) is -0.0560. The zero-order valence-corrected chi connectivity index (χ0v) is 13.4. The lowest BCUT2D eigenvalue weighted by atomic mass is 9.90. The molecule has 1 aliphatic heterocycles. The Morgan fingerprint density at radius 2 is 1.92 bits per heavy atom. The molecule has 2 aromatic rings. The second-order valence-electron chi connectivity index (χ2n) is 5.97. The molecule has 1 amide bonds. The van der Waals surface area contributed by atoms with Gasteiger partial charge in [-0.2, -0.15) is 5.26 Å². The lowest BCUT2D eigenvalue weighted by Crippen LogP contribution is -2.35. The molecule has 2 aromatic carbocycles. The number of hydrogen-bond donors (Lipinski definition) is 1. The Morgan fingerprint density at radius 1 is 1.21 bits per heavy atom. The highest BCUT2D eigenvalue weighted by Crippen LogP contribution is 2.43. The summed E-state index contributed by atoms with van der Waals surface area (Å²) < 4.78 is 24.5. The van der Waals surface area contributed by atoms with Gasteiger partial charge in [0.1, 0.15) is 17.2 Å². The molecule has 6 heteroatoms. The minimum atomic E-state index is -0.869. The maximum Gasteiger partial charge on any atom is 0.412 e. The number of carbonyl (C=O) groups excluding carboxylic acids is 1. The van der Waals surface area contributed by atoms with Gasteiger partial charge < -0.3 is 9.47 Å². The van der Waals surface area contributed by atoms with Crippen LogP contribution in [0.1, 0.15) is 25.0 Å². The lowest BCUT2D eigenvalue weighted by Gasteiger charge is -2.33. The van der Waals surface area contributed by atoms with E-state index in [9.17, 15) is 9.18 Å². The maximum atomic E-state index is 13.8. The largest absolute Gasteiger partial charge is 0.495 e. The lowest BCUT2D eigenvalue weighted by molar-refractivity contribution is 0.0418. The van der Waals surface area contributed by atoms with Crippen LogP contribution in [0.4, 0.5) is 14.9 Å². The molecule has 5 nitrogen and oxygen atoms in total. The van der Waals surface area contributed by atoms with Gasteiger partial charge in [-0.1, -0.05) is 0 Å². The molecule has 0 aromatic heterocycles. The van der Waals surface area contributed by atoms with Gasteiger partial charge in [-0.3, -0.25) is 5.32 Å². The van der Waals surface area contributed by atoms with Gasteiger partial charge in [0.05, 0.1) is 24.4 Å². The Bertz CT molecular complexity index is 885. The third-order valence-electron chi connectivity index (χ3n) is 3.91. The van der Waals surface area contributed by atoms with Crippen LogP contribution in [-0.2, 0) is 10.3 Å². The number of carbonyl (C=O) groups is 1. The first kappa shape index (κ1) is 15.8. The molecular formula is C18H15FN2O3. The summed E-state index contributed by atoms with van der Waals surface area (Å²) in [5.41, 5.74) is 1.80. The highest BCUT2D eigenvalue weighted by atomic mass is 19.1. The fraction of sp³-hybridized carbons (Fsp3) is 0.222. The van der Waals surface area contributed by atoms with Crippen LogP contribution in [0.15, 0.2) is 30.3 Å². The van der Waals surface area contributed by atoms with Crippen LogP contribution in [0.25, 0.3) is 11.1 Å². The van der Waals surface area contributed by atoms with Crippen LogP contribution >= 0.6 is 0 Å². The first-order chi connectivity index (χ1) is 11.3. The maximum absolute atomic E-state index is 13.8. The Labute approximate surface area is 138 Å².